The summed E-state index contributed by atoms with van der Waals surface area (Å²) in [5.74, 6) is 0. The van der Waals surface area contributed by atoms with Crippen molar-refractivity contribution in [3.8, 4) is 0 Å². The number of aromatic nitrogens is 2. The van der Waals surface area contributed by atoms with Crippen molar-refractivity contribution in [3.63, 3.8) is 0 Å². The average molecular weight is 223 g/mol. The summed E-state index contributed by atoms with van der Waals surface area (Å²) in [7, 11) is 0. The van der Waals surface area contributed by atoms with Gasteiger partial charge in [0.2, 0.25) is 0 Å². The fraction of sp³-hybridized carbons (Fsp3) is 0.750. The van der Waals surface area contributed by atoms with E-state index in [1.807, 2.05) is 19.4 Å². The fourth-order valence-corrected chi connectivity index (χ4v) is 2.22. The molecule has 1 aliphatic rings. The van der Waals surface area contributed by atoms with Gasteiger partial charge < -0.3 is 15.0 Å². The summed E-state index contributed by atoms with van der Waals surface area (Å²) >= 11 is 0. The molecule has 1 fully saturated rings. The van der Waals surface area contributed by atoms with Crippen molar-refractivity contribution in [3.05, 3.63) is 18.2 Å². The highest BCUT2D eigenvalue weighted by Gasteiger charge is 2.14. The van der Waals surface area contributed by atoms with Crippen LogP contribution in [-0.4, -0.2) is 22.3 Å². The number of ether oxygens (including phenoxy) is 1. The van der Waals surface area contributed by atoms with Crippen LogP contribution in [0.5, 0.6) is 0 Å². The predicted octanol–water partition coefficient (Wildman–Crippen LogP) is 1.86. The van der Waals surface area contributed by atoms with E-state index < -0.39 is 0 Å². The molecule has 0 amide bonds. The minimum atomic E-state index is 0.0507. The van der Waals surface area contributed by atoms with Gasteiger partial charge >= 0.3 is 0 Å². The zero-order valence-corrected chi connectivity index (χ0v) is 9.93. The van der Waals surface area contributed by atoms with Crippen LogP contribution in [0, 0.1) is 0 Å². The smallest absolute Gasteiger partial charge is 0.0948 e. The van der Waals surface area contributed by atoms with Crippen LogP contribution in [0.15, 0.2) is 12.5 Å². The van der Waals surface area contributed by atoms with E-state index >= 15 is 0 Å². The van der Waals surface area contributed by atoms with Gasteiger partial charge in [0.25, 0.3) is 0 Å². The van der Waals surface area contributed by atoms with Gasteiger partial charge in [0.05, 0.1) is 18.1 Å². The Morgan fingerprint density at radius 2 is 2.50 bits per heavy atom. The number of aryl methyl sites for hydroxylation is 1. The van der Waals surface area contributed by atoms with E-state index in [1.165, 1.54) is 19.3 Å². The van der Waals surface area contributed by atoms with Gasteiger partial charge in [-0.15, -0.1) is 0 Å². The third-order valence-electron chi connectivity index (χ3n) is 3.18. The Kier molecular flexibility index (Phi) is 3.96. The van der Waals surface area contributed by atoms with Crippen LogP contribution in [0.2, 0.25) is 0 Å². The number of imidazole rings is 1. The second kappa shape index (κ2) is 5.46. The zero-order chi connectivity index (χ0) is 11.4. The molecule has 1 unspecified atom stereocenters. The molecule has 1 aromatic rings. The van der Waals surface area contributed by atoms with Gasteiger partial charge in [-0.05, 0) is 32.6 Å². The summed E-state index contributed by atoms with van der Waals surface area (Å²) in [4.78, 5) is 4.15. The SMILES string of the molecule is C[C@H](N)c1cncn1CCC1CCCCO1. The van der Waals surface area contributed by atoms with E-state index in [-0.39, 0.29) is 6.04 Å². The zero-order valence-electron chi connectivity index (χ0n) is 9.93. The minimum absolute atomic E-state index is 0.0507. The van der Waals surface area contributed by atoms with E-state index in [4.69, 9.17) is 10.5 Å². The third-order valence-corrected chi connectivity index (χ3v) is 3.18. The summed E-state index contributed by atoms with van der Waals surface area (Å²) in [6.07, 6.45) is 8.92. The maximum Gasteiger partial charge on any atom is 0.0948 e. The molecular formula is C12H21N3O. The third kappa shape index (κ3) is 2.83. The highest BCUT2D eigenvalue weighted by molar-refractivity contribution is 5.02. The lowest BCUT2D eigenvalue weighted by atomic mass is 10.1. The molecule has 1 aliphatic heterocycles. The van der Waals surface area contributed by atoms with Gasteiger partial charge in [-0.25, -0.2) is 4.98 Å². The summed E-state index contributed by atoms with van der Waals surface area (Å²) in [5.41, 5.74) is 6.98. The maximum atomic E-state index is 5.88. The Morgan fingerprint density at radius 1 is 1.62 bits per heavy atom. The molecule has 0 aromatic carbocycles. The molecule has 1 aromatic heterocycles. The number of nitrogens with zero attached hydrogens (tertiary/aromatic N) is 2. The van der Waals surface area contributed by atoms with E-state index in [0.29, 0.717) is 6.10 Å². The van der Waals surface area contributed by atoms with Crippen LogP contribution < -0.4 is 5.73 Å². The number of rotatable bonds is 4. The van der Waals surface area contributed by atoms with E-state index in [2.05, 4.69) is 9.55 Å². The lowest BCUT2D eigenvalue weighted by Gasteiger charge is -2.23. The molecule has 1 saturated heterocycles. The Morgan fingerprint density at radius 3 is 3.19 bits per heavy atom. The van der Waals surface area contributed by atoms with E-state index in [1.54, 1.807) is 0 Å². The Balaban J connectivity index is 1.86. The molecule has 0 saturated carbocycles. The van der Waals surface area contributed by atoms with Crippen molar-refractivity contribution in [1.82, 2.24) is 9.55 Å². The first-order chi connectivity index (χ1) is 7.77. The highest BCUT2D eigenvalue weighted by atomic mass is 16.5. The lowest BCUT2D eigenvalue weighted by molar-refractivity contribution is 0.00867. The normalized spacial score (nSPS) is 23.2. The molecule has 4 nitrogen and oxygen atoms in total. The lowest BCUT2D eigenvalue weighted by Crippen LogP contribution is -2.21. The molecule has 4 heteroatoms. The van der Waals surface area contributed by atoms with Crippen LogP contribution in [-0.2, 0) is 11.3 Å². The topological polar surface area (TPSA) is 53.1 Å². The standard InChI is InChI=1S/C12H21N3O/c1-10(13)12-8-14-9-15(12)6-5-11-4-2-3-7-16-11/h8-11H,2-7,13H2,1H3/t10-,11?/m0/s1. The summed E-state index contributed by atoms with van der Waals surface area (Å²) < 4.78 is 7.85. The van der Waals surface area contributed by atoms with Gasteiger partial charge in [0, 0.05) is 25.4 Å². The first kappa shape index (κ1) is 11.6. The number of hydrogen-bond donors (Lipinski definition) is 1. The molecule has 2 N–H and O–H groups in total. The van der Waals surface area contributed by atoms with Crippen LogP contribution >= 0.6 is 0 Å². The van der Waals surface area contributed by atoms with Gasteiger partial charge in [-0.3, -0.25) is 0 Å². The van der Waals surface area contributed by atoms with Gasteiger partial charge in [-0.2, -0.15) is 0 Å². The van der Waals surface area contributed by atoms with Crippen molar-refractivity contribution in [1.29, 1.82) is 0 Å². The second-order valence-corrected chi connectivity index (χ2v) is 4.58. The van der Waals surface area contributed by atoms with Crippen molar-refractivity contribution in [2.24, 2.45) is 5.73 Å². The molecule has 2 atom stereocenters. The van der Waals surface area contributed by atoms with Crippen LogP contribution in [0.3, 0.4) is 0 Å². The molecule has 2 rings (SSSR count). The highest BCUT2D eigenvalue weighted by Crippen LogP contribution is 2.17. The first-order valence-corrected chi connectivity index (χ1v) is 6.14. The first-order valence-electron chi connectivity index (χ1n) is 6.14. The summed E-state index contributed by atoms with van der Waals surface area (Å²) in [6, 6.07) is 0.0507. The molecule has 2 heterocycles. The van der Waals surface area contributed by atoms with Crippen molar-refractivity contribution in [2.45, 2.75) is 51.3 Å². The molecule has 0 radical (unpaired) electrons. The second-order valence-electron chi connectivity index (χ2n) is 4.58. The Hall–Kier alpha value is -0.870. The molecule has 0 bridgehead atoms. The number of nitrogens with two attached hydrogens (primary N) is 1. The van der Waals surface area contributed by atoms with Crippen LogP contribution in [0.25, 0.3) is 0 Å². The van der Waals surface area contributed by atoms with Crippen molar-refractivity contribution < 1.29 is 4.74 Å². The summed E-state index contributed by atoms with van der Waals surface area (Å²) in [5, 5.41) is 0. The Bertz CT molecular complexity index is 316. The number of hydrogen-bond acceptors (Lipinski definition) is 3. The van der Waals surface area contributed by atoms with Gasteiger partial charge in [0.1, 0.15) is 0 Å². The minimum Gasteiger partial charge on any atom is -0.378 e. The average Bonchev–Trinajstić information content (AvgIpc) is 2.76. The van der Waals surface area contributed by atoms with Gasteiger partial charge in [-0.1, -0.05) is 0 Å². The van der Waals surface area contributed by atoms with Crippen molar-refractivity contribution in [2.75, 3.05) is 6.61 Å². The molecule has 16 heavy (non-hydrogen) atoms. The molecular weight excluding hydrogens is 202 g/mol. The molecule has 0 aliphatic carbocycles. The van der Waals surface area contributed by atoms with E-state index in [9.17, 15) is 0 Å². The maximum absolute atomic E-state index is 5.88. The van der Waals surface area contributed by atoms with Crippen molar-refractivity contribution >= 4 is 0 Å². The summed E-state index contributed by atoms with van der Waals surface area (Å²) in [6.45, 7) is 3.88. The fourth-order valence-electron chi connectivity index (χ4n) is 2.22. The van der Waals surface area contributed by atoms with Gasteiger partial charge in [0.15, 0.2) is 0 Å². The van der Waals surface area contributed by atoms with Crippen LogP contribution in [0.1, 0.15) is 44.3 Å². The predicted molar refractivity (Wildman–Crippen MR) is 63.0 cm³/mol. The van der Waals surface area contributed by atoms with E-state index in [0.717, 1.165) is 25.3 Å². The largest absolute Gasteiger partial charge is 0.378 e. The monoisotopic (exact) mass is 223 g/mol. The Labute approximate surface area is 96.8 Å². The van der Waals surface area contributed by atoms with Crippen LogP contribution in [0.4, 0.5) is 0 Å². The quantitative estimate of drug-likeness (QED) is 0.847. The molecule has 90 valence electrons. The molecule has 0 spiro atoms.